The van der Waals surface area contributed by atoms with Crippen molar-refractivity contribution in [1.82, 2.24) is 9.69 Å². The normalized spacial score (nSPS) is 12.8. The molecule has 6 nitrogen and oxygen atoms in total. The van der Waals surface area contributed by atoms with Gasteiger partial charge in [-0.25, -0.2) is 9.17 Å². The van der Waals surface area contributed by atoms with E-state index >= 15 is 0 Å². The van der Waals surface area contributed by atoms with Crippen LogP contribution in [0, 0.1) is 0 Å². The summed E-state index contributed by atoms with van der Waals surface area (Å²) in [7, 11) is 0. The first-order chi connectivity index (χ1) is 8.28. The smallest absolute Gasteiger partial charge is 0.408 e. The number of carbonyl (C=O) groups is 2. The lowest BCUT2D eigenvalue weighted by atomic mass is 10.2. The zero-order valence-electron chi connectivity index (χ0n) is 10.5. The molecule has 7 heteroatoms. The van der Waals surface area contributed by atoms with Gasteiger partial charge in [-0.3, -0.25) is 4.79 Å². The van der Waals surface area contributed by atoms with Gasteiger partial charge in [-0.05, 0) is 38.4 Å². The van der Waals surface area contributed by atoms with Crippen molar-refractivity contribution in [1.29, 1.82) is 0 Å². The van der Waals surface area contributed by atoms with Gasteiger partial charge in [-0.2, -0.15) is 0 Å². The van der Waals surface area contributed by atoms with Crippen molar-refractivity contribution in [2.45, 2.75) is 38.8 Å². The van der Waals surface area contributed by atoms with Gasteiger partial charge < -0.3 is 15.2 Å². The van der Waals surface area contributed by atoms with Crippen LogP contribution in [0.5, 0.6) is 0 Å². The zero-order valence-corrected chi connectivity index (χ0v) is 11.3. The molecule has 0 saturated heterocycles. The predicted molar refractivity (Wildman–Crippen MR) is 66.5 cm³/mol. The van der Waals surface area contributed by atoms with E-state index in [1.165, 1.54) is 0 Å². The SMILES string of the molecule is CC(C)(C)OC(=O)N[C@@H](CC(=O)O)c1ccns1. The van der Waals surface area contributed by atoms with Crippen molar-refractivity contribution >= 4 is 23.6 Å². The van der Waals surface area contributed by atoms with E-state index in [4.69, 9.17) is 9.84 Å². The van der Waals surface area contributed by atoms with Crippen LogP contribution in [0.3, 0.4) is 0 Å². The molecule has 0 saturated carbocycles. The second-order valence-corrected chi connectivity index (χ2v) is 5.58. The summed E-state index contributed by atoms with van der Waals surface area (Å²) in [5.41, 5.74) is -0.619. The maximum atomic E-state index is 11.6. The van der Waals surface area contributed by atoms with E-state index in [9.17, 15) is 9.59 Å². The highest BCUT2D eigenvalue weighted by molar-refractivity contribution is 7.05. The summed E-state index contributed by atoms with van der Waals surface area (Å²) >= 11 is 1.15. The van der Waals surface area contributed by atoms with Gasteiger partial charge >= 0.3 is 12.1 Å². The van der Waals surface area contributed by atoms with E-state index in [1.54, 1.807) is 33.0 Å². The summed E-state index contributed by atoms with van der Waals surface area (Å²) in [6.45, 7) is 5.22. The highest BCUT2D eigenvalue weighted by atomic mass is 32.1. The molecule has 0 radical (unpaired) electrons. The van der Waals surface area contributed by atoms with Gasteiger partial charge in [-0.1, -0.05) is 0 Å². The number of carbonyl (C=O) groups excluding carboxylic acids is 1. The minimum atomic E-state index is -0.996. The molecule has 2 N–H and O–H groups in total. The molecule has 0 bridgehead atoms. The van der Waals surface area contributed by atoms with Gasteiger partial charge in [0.2, 0.25) is 0 Å². The first-order valence-corrected chi connectivity index (χ1v) is 6.17. The molecule has 18 heavy (non-hydrogen) atoms. The molecule has 0 spiro atoms. The molecule has 1 aromatic heterocycles. The third kappa shape index (κ3) is 5.13. The molecule has 1 amide bonds. The molecule has 1 rings (SSSR count). The Morgan fingerprint density at radius 1 is 1.56 bits per heavy atom. The van der Waals surface area contributed by atoms with E-state index < -0.39 is 23.7 Å². The quantitative estimate of drug-likeness (QED) is 0.877. The standard InChI is InChI=1S/C11H16N2O4S/c1-11(2,3)17-10(16)13-7(6-9(14)15)8-4-5-12-18-8/h4-5,7H,6H2,1-3H3,(H,13,16)(H,14,15)/t7-/m0/s1. The summed E-state index contributed by atoms with van der Waals surface area (Å²) < 4.78 is 8.98. The molecule has 0 unspecified atom stereocenters. The molecule has 0 aliphatic rings. The van der Waals surface area contributed by atoms with Crippen LogP contribution in [-0.4, -0.2) is 27.1 Å². The molecule has 1 atom stereocenters. The number of hydrogen-bond donors (Lipinski definition) is 2. The molecule has 1 aromatic rings. The highest BCUT2D eigenvalue weighted by Gasteiger charge is 2.23. The fraction of sp³-hybridized carbons (Fsp3) is 0.545. The van der Waals surface area contributed by atoms with Gasteiger partial charge in [0.25, 0.3) is 0 Å². The Labute approximate surface area is 109 Å². The van der Waals surface area contributed by atoms with E-state index in [1.807, 2.05) is 0 Å². The maximum Gasteiger partial charge on any atom is 0.408 e. The van der Waals surface area contributed by atoms with Crippen LogP contribution >= 0.6 is 11.5 Å². The molecule has 0 fully saturated rings. The summed E-state index contributed by atoms with van der Waals surface area (Å²) in [6.07, 6.45) is 0.717. The summed E-state index contributed by atoms with van der Waals surface area (Å²) in [6, 6.07) is 1.06. The van der Waals surface area contributed by atoms with Crippen LogP contribution in [0.15, 0.2) is 12.3 Å². The minimum absolute atomic E-state index is 0.207. The van der Waals surface area contributed by atoms with Crippen LogP contribution in [0.1, 0.15) is 38.1 Å². The average Bonchev–Trinajstić information content (AvgIpc) is 2.64. The Kier molecular flexibility index (Phi) is 4.66. The van der Waals surface area contributed by atoms with Gasteiger partial charge in [0, 0.05) is 11.1 Å². The molecule has 0 aliphatic heterocycles. The maximum absolute atomic E-state index is 11.6. The Morgan fingerprint density at radius 2 is 2.22 bits per heavy atom. The fourth-order valence-corrected chi connectivity index (χ4v) is 1.89. The lowest BCUT2D eigenvalue weighted by Gasteiger charge is -2.22. The molecule has 100 valence electrons. The van der Waals surface area contributed by atoms with Gasteiger partial charge in [0.05, 0.1) is 12.5 Å². The van der Waals surface area contributed by atoms with Crippen LogP contribution in [0.2, 0.25) is 0 Å². The van der Waals surface area contributed by atoms with Gasteiger partial charge in [0.1, 0.15) is 5.60 Å². The first-order valence-electron chi connectivity index (χ1n) is 5.40. The van der Waals surface area contributed by atoms with Crippen LogP contribution < -0.4 is 5.32 Å². The minimum Gasteiger partial charge on any atom is -0.481 e. The number of aliphatic carboxylic acids is 1. The second-order valence-electron chi connectivity index (χ2n) is 4.71. The lowest BCUT2D eigenvalue weighted by molar-refractivity contribution is -0.137. The van der Waals surface area contributed by atoms with Crippen LogP contribution in [-0.2, 0) is 9.53 Å². The monoisotopic (exact) mass is 272 g/mol. The third-order valence-corrected chi connectivity index (χ3v) is 2.73. The van der Waals surface area contributed by atoms with Crippen molar-refractivity contribution < 1.29 is 19.4 Å². The van der Waals surface area contributed by atoms with Crippen molar-refractivity contribution in [3.05, 3.63) is 17.1 Å². The van der Waals surface area contributed by atoms with Gasteiger partial charge in [-0.15, -0.1) is 0 Å². The molecule has 0 aliphatic carbocycles. The molecule has 1 heterocycles. The molecular formula is C11H16N2O4S. The summed E-state index contributed by atoms with van der Waals surface area (Å²) in [5.74, 6) is -0.996. The number of amides is 1. The van der Waals surface area contributed by atoms with Gasteiger partial charge in [0.15, 0.2) is 0 Å². The van der Waals surface area contributed by atoms with E-state index in [-0.39, 0.29) is 6.42 Å². The molecular weight excluding hydrogens is 256 g/mol. The van der Waals surface area contributed by atoms with E-state index in [0.717, 1.165) is 11.5 Å². The Balaban J connectivity index is 2.68. The number of rotatable bonds is 4. The van der Waals surface area contributed by atoms with Crippen LogP contribution in [0.25, 0.3) is 0 Å². The number of alkyl carbamates (subject to hydrolysis) is 1. The van der Waals surface area contributed by atoms with E-state index in [2.05, 4.69) is 9.69 Å². The number of carboxylic acid groups (broad SMARTS) is 1. The predicted octanol–water partition coefficient (Wildman–Crippen LogP) is 2.18. The number of nitrogens with zero attached hydrogens (tertiary/aromatic N) is 1. The number of hydrogen-bond acceptors (Lipinski definition) is 5. The van der Waals surface area contributed by atoms with Crippen molar-refractivity contribution in [3.63, 3.8) is 0 Å². The van der Waals surface area contributed by atoms with Crippen molar-refractivity contribution in [2.75, 3.05) is 0 Å². The average molecular weight is 272 g/mol. The number of carboxylic acids is 1. The van der Waals surface area contributed by atoms with E-state index in [0.29, 0.717) is 4.88 Å². The lowest BCUT2D eigenvalue weighted by Crippen LogP contribution is -2.35. The Bertz CT molecular complexity index is 411. The number of ether oxygens (including phenoxy) is 1. The largest absolute Gasteiger partial charge is 0.481 e. The first kappa shape index (κ1) is 14.4. The van der Waals surface area contributed by atoms with Crippen molar-refractivity contribution in [3.8, 4) is 0 Å². The highest BCUT2D eigenvalue weighted by Crippen LogP contribution is 2.21. The molecule has 0 aromatic carbocycles. The third-order valence-electron chi connectivity index (χ3n) is 1.87. The zero-order chi connectivity index (χ0) is 13.8. The number of nitrogens with one attached hydrogen (secondary N) is 1. The second kappa shape index (κ2) is 5.81. The summed E-state index contributed by atoms with van der Waals surface area (Å²) in [4.78, 5) is 23.1. The Hall–Kier alpha value is -1.63. The van der Waals surface area contributed by atoms with Crippen LogP contribution in [0.4, 0.5) is 4.79 Å². The topological polar surface area (TPSA) is 88.5 Å². The summed E-state index contributed by atoms with van der Waals surface area (Å²) in [5, 5.41) is 11.4. The Morgan fingerprint density at radius 3 is 2.67 bits per heavy atom. The van der Waals surface area contributed by atoms with Crippen molar-refractivity contribution in [2.24, 2.45) is 0 Å². The fourth-order valence-electron chi connectivity index (χ4n) is 1.25. The number of aromatic nitrogens is 1.